The predicted octanol–water partition coefficient (Wildman–Crippen LogP) is 3.38. The standard InChI is InChI=1S/C22H24ClFN2O6S/c1-14-10-19(20(31-2)11-18(14)23)25-21(27)13-32-22(28)15-4-3-9-26(12-15)33(29,30)17-7-5-16(24)6-8-17/h5-8,10-11,15H,3-4,9,12-13H2,1-2H3,(H,25,27). The molecule has 2 aromatic carbocycles. The molecule has 1 atom stereocenters. The first-order valence-corrected chi connectivity index (χ1v) is 12.0. The van der Waals surface area contributed by atoms with Crippen molar-refractivity contribution in [2.75, 3.05) is 32.1 Å². The first kappa shape index (κ1) is 24.9. The molecule has 1 aliphatic heterocycles. The third kappa shape index (κ3) is 6.01. The van der Waals surface area contributed by atoms with E-state index >= 15 is 0 Å². The van der Waals surface area contributed by atoms with Crippen LogP contribution < -0.4 is 10.1 Å². The van der Waals surface area contributed by atoms with E-state index in [1.165, 1.54) is 23.5 Å². The monoisotopic (exact) mass is 498 g/mol. The first-order valence-electron chi connectivity index (χ1n) is 10.2. The quantitative estimate of drug-likeness (QED) is 0.587. The summed E-state index contributed by atoms with van der Waals surface area (Å²) in [6.07, 6.45) is 0.883. The van der Waals surface area contributed by atoms with E-state index < -0.39 is 40.2 Å². The fourth-order valence-electron chi connectivity index (χ4n) is 3.48. The molecule has 1 aliphatic rings. The molecule has 0 aliphatic carbocycles. The Kier molecular flexibility index (Phi) is 7.93. The van der Waals surface area contributed by atoms with E-state index in [-0.39, 0.29) is 18.0 Å². The number of anilines is 1. The van der Waals surface area contributed by atoms with Gasteiger partial charge in [-0.15, -0.1) is 0 Å². The number of halogens is 2. The molecule has 0 bridgehead atoms. The van der Waals surface area contributed by atoms with Gasteiger partial charge < -0.3 is 14.8 Å². The molecule has 0 aromatic heterocycles. The van der Waals surface area contributed by atoms with Crippen LogP contribution in [0.2, 0.25) is 5.02 Å². The number of hydrogen-bond donors (Lipinski definition) is 1. The first-order chi connectivity index (χ1) is 15.6. The van der Waals surface area contributed by atoms with Crippen molar-refractivity contribution in [3.8, 4) is 5.75 Å². The Morgan fingerprint density at radius 1 is 1.24 bits per heavy atom. The molecule has 178 valence electrons. The maximum atomic E-state index is 13.1. The lowest BCUT2D eigenvalue weighted by Gasteiger charge is -2.30. The van der Waals surface area contributed by atoms with Crippen LogP contribution in [0.15, 0.2) is 41.3 Å². The van der Waals surface area contributed by atoms with Crippen LogP contribution in [-0.2, 0) is 24.3 Å². The molecule has 1 N–H and O–H groups in total. The van der Waals surface area contributed by atoms with Crippen LogP contribution in [0.3, 0.4) is 0 Å². The lowest BCUT2D eigenvalue weighted by molar-refractivity contribution is -0.152. The van der Waals surface area contributed by atoms with Crippen LogP contribution in [0.1, 0.15) is 18.4 Å². The highest BCUT2D eigenvalue weighted by Crippen LogP contribution is 2.31. The Morgan fingerprint density at radius 3 is 2.61 bits per heavy atom. The molecule has 11 heteroatoms. The van der Waals surface area contributed by atoms with Crippen molar-refractivity contribution in [1.82, 2.24) is 4.31 Å². The van der Waals surface area contributed by atoms with E-state index in [2.05, 4.69) is 5.32 Å². The van der Waals surface area contributed by atoms with Crippen molar-refractivity contribution in [1.29, 1.82) is 0 Å². The van der Waals surface area contributed by atoms with E-state index in [1.807, 2.05) is 0 Å². The summed E-state index contributed by atoms with van der Waals surface area (Å²) in [7, 11) is -2.44. The number of rotatable bonds is 7. The Labute approximate surface area is 196 Å². The molecule has 1 saturated heterocycles. The smallest absolute Gasteiger partial charge is 0.310 e. The van der Waals surface area contributed by atoms with Crippen LogP contribution in [0, 0.1) is 18.7 Å². The van der Waals surface area contributed by atoms with Gasteiger partial charge >= 0.3 is 5.97 Å². The van der Waals surface area contributed by atoms with Gasteiger partial charge in [0.1, 0.15) is 11.6 Å². The number of aryl methyl sites for hydroxylation is 1. The average Bonchev–Trinajstić information content (AvgIpc) is 2.80. The summed E-state index contributed by atoms with van der Waals surface area (Å²) in [6.45, 7) is 1.39. The molecule has 1 fully saturated rings. The van der Waals surface area contributed by atoms with Crippen molar-refractivity contribution >= 4 is 39.2 Å². The highest BCUT2D eigenvalue weighted by atomic mass is 35.5. The Balaban J connectivity index is 1.59. The maximum Gasteiger partial charge on any atom is 0.310 e. The maximum absolute atomic E-state index is 13.1. The Morgan fingerprint density at radius 2 is 1.94 bits per heavy atom. The van der Waals surface area contributed by atoms with Gasteiger partial charge in [0.25, 0.3) is 5.91 Å². The number of esters is 1. The molecule has 2 aromatic rings. The number of piperidine rings is 1. The molecular weight excluding hydrogens is 475 g/mol. The minimum Gasteiger partial charge on any atom is -0.495 e. The zero-order chi connectivity index (χ0) is 24.2. The zero-order valence-corrected chi connectivity index (χ0v) is 19.7. The molecule has 0 radical (unpaired) electrons. The van der Waals surface area contributed by atoms with Gasteiger partial charge in [-0.2, -0.15) is 4.31 Å². The average molecular weight is 499 g/mol. The summed E-state index contributed by atoms with van der Waals surface area (Å²) in [4.78, 5) is 24.8. The fraction of sp³-hybridized carbons (Fsp3) is 0.364. The summed E-state index contributed by atoms with van der Waals surface area (Å²) in [5.41, 5.74) is 1.11. The number of amides is 1. The van der Waals surface area contributed by atoms with Crippen LogP contribution in [0.25, 0.3) is 0 Å². The Bertz CT molecular complexity index is 1140. The van der Waals surface area contributed by atoms with E-state index in [9.17, 15) is 22.4 Å². The molecule has 33 heavy (non-hydrogen) atoms. The summed E-state index contributed by atoms with van der Waals surface area (Å²) in [5, 5.41) is 3.09. The van der Waals surface area contributed by atoms with Crippen molar-refractivity contribution in [2.45, 2.75) is 24.7 Å². The normalized spacial score (nSPS) is 16.8. The topological polar surface area (TPSA) is 102 Å². The SMILES string of the molecule is COc1cc(Cl)c(C)cc1NC(=O)COC(=O)C1CCCN(S(=O)(=O)c2ccc(F)cc2)C1. The van der Waals surface area contributed by atoms with Gasteiger partial charge in [0.2, 0.25) is 10.0 Å². The van der Waals surface area contributed by atoms with Gasteiger partial charge in [0.15, 0.2) is 6.61 Å². The summed E-state index contributed by atoms with van der Waals surface area (Å²) < 4.78 is 50.3. The lowest BCUT2D eigenvalue weighted by Crippen LogP contribution is -2.43. The van der Waals surface area contributed by atoms with Crippen LogP contribution in [-0.4, -0.2) is 51.4 Å². The van der Waals surface area contributed by atoms with Gasteiger partial charge in [0, 0.05) is 24.2 Å². The minimum absolute atomic E-state index is 0.0514. The minimum atomic E-state index is -3.88. The van der Waals surface area contributed by atoms with Gasteiger partial charge in [-0.1, -0.05) is 11.6 Å². The summed E-state index contributed by atoms with van der Waals surface area (Å²) in [6, 6.07) is 7.71. The van der Waals surface area contributed by atoms with E-state index in [0.29, 0.717) is 29.3 Å². The molecule has 0 saturated carbocycles. The number of nitrogens with zero attached hydrogens (tertiary/aromatic N) is 1. The molecule has 1 heterocycles. The molecule has 8 nitrogen and oxygen atoms in total. The molecular formula is C22H24ClFN2O6S. The third-order valence-electron chi connectivity index (χ3n) is 5.27. The van der Waals surface area contributed by atoms with Crippen molar-refractivity contribution in [3.63, 3.8) is 0 Å². The van der Waals surface area contributed by atoms with Crippen molar-refractivity contribution in [3.05, 3.63) is 52.8 Å². The number of nitrogens with one attached hydrogen (secondary N) is 1. The largest absolute Gasteiger partial charge is 0.495 e. The van der Waals surface area contributed by atoms with E-state index in [0.717, 1.165) is 17.7 Å². The number of carbonyl (C=O) groups is 2. The third-order valence-corrected chi connectivity index (χ3v) is 7.56. The number of benzene rings is 2. The molecule has 0 spiro atoms. The highest BCUT2D eigenvalue weighted by molar-refractivity contribution is 7.89. The number of methoxy groups -OCH3 is 1. The molecule has 1 unspecified atom stereocenters. The molecule has 3 rings (SSSR count). The van der Waals surface area contributed by atoms with Crippen LogP contribution in [0.5, 0.6) is 5.75 Å². The van der Waals surface area contributed by atoms with Crippen molar-refractivity contribution < 1.29 is 31.9 Å². The Hall–Kier alpha value is -2.69. The van der Waals surface area contributed by atoms with E-state index in [4.69, 9.17) is 21.1 Å². The van der Waals surface area contributed by atoms with Gasteiger partial charge in [-0.25, -0.2) is 12.8 Å². The van der Waals surface area contributed by atoms with Gasteiger partial charge in [-0.05, 0) is 55.7 Å². The fourth-order valence-corrected chi connectivity index (χ4v) is 5.16. The number of hydrogen-bond acceptors (Lipinski definition) is 6. The predicted molar refractivity (Wildman–Crippen MR) is 120 cm³/mol. The second-order valence-electron chi connectivity index (χ2n) is 7.61. The number of carbonyl (C=O) groups excluding carboxylic acids is 2. The second kappa shape index (κ2) is 10.5. The van der Waals surface area contributed by atoms with Crippen LogP contribution >= 0.6 is 11.6 Å². The van der Waals surface area contributed by atoms with Gasteiger partial charge in [0.05, 0.1) is 23.6 Å². The number of sulfonamides is 1. The zero-order valence-electron chi connectivity index (χ0n) is 18.1. The summed E-state index contributed by atoms with van der Waals surface area (Å²) >= 11 is 6.05. The lowest BCUT2D eigenvalue weighted by atomic mass is 10.00. The second-order valence-corrected chi connectivity index (χ2v) is 9.96. The summed E-state index contributed by atoms with van der Waals surface area (Å²) in [5.74, 6) is -2.13. The van der Waals surface area contributed by atoms with Crippen molar-refractivity contribution in [2.24, 2.45) is 5.92 Å². The van der Waals surface area contributed by atoms with Crippen LogP contribution in [0.4, 0.5) is 10.1 Å². The van der Waals surface area contributed by atoms with Gasteiger partial charge in [-0.3, -0.25) is 9.59 Å². The highest BCUT2D eigenvalue weighted by Gasteiger charge is 2.34. The van der Waals surface area contributed by atoms with E-state index in [1.54, 1.807) is 19.1 Å². The number of ether oxygens (including phenoxy) is 2. The molecule has 1 amide bonds.